The Hall–Kier alpha value is -2.24. The lowest BCUT2D eigenvalue weighted by Crippen LogP contribution is -2.32. The lowest BCUT2D eigenvalue weighted by Gasteiger charge is -2.12. The molecule has 0 spiro atoms. The van der Waals surface area contributed by atoms with E-state index in [0.29, 0.717) is 27.0 Å². The number of ether oxygens (including phenoxy) is 1. The van der Waals surface area contributed by atoms with Gasteiger partial charge in [0.05, 0.1) is 19.3 Å². The van der Waals surface area contributed by atoms with Crippen molar-refractivity contribution in [3.05, 3.63) is 57.6 Å². The van der Waals surface area contributed by atoms with E-state index in [1.807, 2.05) is 6.92 Å². The second-order valence-corrected chi connectivity index (χ2v) is 5.89. The second-order valence-electron chi connectivity index (χ2n) is 5.04. The Kier molecular flexibility index (Phi) is 6.06. The van der Waals surface area contributed by atoms with Crippen LogP contribution in [0.3, 0.4) is 0 Å². The van der Waals surface area contributed by atoms with Crippen molar-refractivity contribution < 1.29 is 14.3 Å². The standard InChI is InChI=1S/C17H16Cl2N2O3/c1-10-6-14(15(24-2)8-13(10)19)21-16(22)9-20-17(23)11-4-3-5-12(18)7-11/h3-8H,9H2,1-2H3,(H,20,23)(H,21,22). The highest BCUT2D eigenvalue weighted by atomic mass is 35.5. The zero-order valence-corrected chi connectivity index (χ0v) is 14.7. The fourth-order valence-corrected chi connectivity index (χ4v) is 2.36. The van der Waals surface area contributed by atoms with Gasteiger partial charge in [0.2, 0.25) is 5.91 Å². The molecule has 0 aliphatic heterocycles. The molecule has 7 heteroatoms. The van der Waals surface area contributed by atoms with Gasteiger partial charge in [-0.25, -0.2) is 0 Å². The summed E-state index contributed by atoms with van der Waals surface area (Å²) in [5.41, 5.74) is 1.67. The third kappa shape index (κ3) is 4.63. The van der Waals surface area contributed by atoms with E-state index in [0.717, 1.165) is 5.56 Å². The molecule has 0 aliphatic carbocycles. The lowest BCUT2D eigenvalue weighted by atomic mass is 10.2. The summed E-state index contributed by atoms with van der Waals surface area (Å²) >= 11 is 11.9. The molecular weight excluding hydrogens is 351 g/mol. The Morgan fingerprint density at radius 3 is 2.58 bits per heavy atom. The lowest BCUT2D eigenvalue weighted by molar-refractivity contribution is -0.115. The first-order valence-electron chi connectivity index (χ1n) is 7.08. The zero-order valence-electron chi connectivity index (χ0n) is 13.2. The van der Waals surface area contributed by atoms with E-state index in [4.69, 9.17) is 27.9 Å². The maximum Gasteiger partial charge on any atom is 0.251 e. The van der Waals surface area contributed by atoms with Crippen LogP contribution in [-0.2, 0) is 4.79 Å². The Labute approximate surface area is 149 Å². The van der Waals surface area contributed by atoms with Crippen LogP contribution in [0, 0.1) is 6.92 Å². The Balaban J connectivity index is 1.99. The molecule has 0 aromatic heterocycles. The fraction of sp³-hybridized carbons (Fsp3) is 0.176. The average Bonchev–Trinajstić information content (AvgIpc) is 2.55. The minimum absolute atomic E-state index is 0.184. The van der Waals surface area contributed by atoms with Crippen molar-refractivity contribution in [1.29, 1.82) is 0 Å². The van der Waals surface area contributed by atoms with Crippen molar-refractivity contribution >= 4 is 40.7 Å². The minimum atomic E-state index is -0.384. The van der Waals surface area contributed by atoms with Crippen LogP contribution in [-0.4, -0.2) is 25.5 Å². The molecule has 0 saturated carbocycles. The van der Waals surface area contributed by atoms with E-state index < -0.39 is 0 Å². The number of anilines is 1. The number of carbonyl (C=O) groups is 2. The molecular formula is C17H16Cl2N2O3. The van der Waals surface area contributed by atoms with Gasteiger partial charge < -0.3 is 15.4 Å². The summed E-state index contributed by atoms with van der Waals surface area (Å²) in [6.07, 6.45) is 0. The van der Waals surface area contributed by atoms with Crippen molar-refractivity contribution in [2.45, 2.75) is 6.92 Å². The summed E-state index contributed by atoms with van der Waals surface area (Å²) < 4.78 is 5.19. The van der Waals surface area contributed by atoms with Gasteiger partial charge in [0.25, 0.3) is 5.91 Å². The Morgan fingerprint density at radius 2 is 1.92 bits per heavy atom. The Bertz CT molecular complexity index is 778. The molecule has 0 unspecified atom stereocenters. The van der Waals surface area contributed by atoms with E-state index in [1.54, 1.807) is 30.3 Å². The van der Waals surface area contributed by atoms with Gasteiger partial charge in [-0.1, -0.05) is 29.3 Å². The SMILES string of the molecule is COc1cc(Cl)c(C)cc1NC(=O)CNC(=O)c1cccc(Cl)c1. The highest BCUT2D eigenvalue weighted by Crippen LogP contribution is 2.30. The summed E-state index contributed by atoms with van der Waals surface area (Å²) in [6.45, 7) is 1.63. The van der Waals surface area contributed by atoms with E-state index in [-0.39, 0.29) is 18.4 Å². The van der Waals surface area contributed by atoms with Crippen molar-refractivity contribution in [3.63, 3.8) is 0 Å². The topological polar surface area (TPSA) is 67.4 Å². The van der Waals surface area contributed by atoms with Crippen LogP contribution in [0.4, 0.5) is 5.69 Å². The van der Waals surface area contributed by atoms with Crippen molar-refractivity contribution in [2.24, 2.45) is 0 Å². The maximum atomic E-state index is 12.0. The molecule has 2 amide bonds. The van der Waals surface area contributed by atoms with Crippen LogP contribution in [0.2, 0.25) is 10.0 Å². The van der Waals surface area contributed by atoms with E-state index >= 15 is 0 Å². The van der Waals surface area contributed by atoms with Crippen LogP contribution in [0.1, 0.15) is 15.9 Å². The molecule has 0 saturated heterocycles. The summed E-state index contributed by atoms with van der Waals surface area (Å²) in [4.78, 5) is 24.0. The van der Waals surface area contributed by atoms with Gasteiger partial charge in [-0.3, -0.25) is 9.59 Å². The molecule has 24 heavy (non-hydrogen) atoms. The maximum absolute atomic E-state index is 12.0. The predicted octanol–water partition coefficient (Wildman–Crippen LogP) is 3.68. The molecule has 0 radical (unpaired) electrons. The highest BCUT2D eigenvalue weighted by molar-refractivity contribution is 6.31. The van der Waals surface area contributed by atoms with Gasteiger partial charge in [-0.15, -0.1) is 0 Å². The predicted molar refractivity (Wildman–Crippen MR) is 95.2 cm³/mol. The minimum Gasteiger partial charge on any atom is -0.495 e. The summed E-state index contributed by atoms with van der Waals surface area (Å²) in [5.74, 6) is -0.322. The van der Waals surface area contributed by atoms with E-state index in [1.165, 1.54) is 13.2 Å². The molecule has 0 aliphatic rings. The number of benzene rings is 2. The van der Waals surface area contributed by atoms with Crippen LogP contribution in [0.25, 0.3) is 0 Å². The number of carbonyl (C=O) groups excluding carboxylic acids is 2. The van der Waals surface area contributed by atoms with Gasteiger partial charge in [0.1, 0.15) is 5.75 Å². The highest BCUT2D eigenvalue weighted by Gasteiger charge is 2.12. The second kappa shape index (κ2) is 8.04. The van der Waals surface area contributed by atoms with Crippen LogP contribution in [0.5, 0.6) is 5.75 Å². The number of methoxy groups -OCH3 is 1. The van der Waals surface area contributed by atoms with Crippen molar-refractivity contribution in [1.82, 2.24) is 5.32 Å². The number of rotatable bonds is 5. The van der Waals surface area contributed by atoms with Gasteiger partial charge in [0, 0.05) is 21.7 Å². The number of aryl methyl sites for hydroxylation is 1. The zero-order chi connectivity index (χ0) is 17.7. The molecule has 2 rings (SSSR count). The molecule has 2 aromatic carbocycles. The summed E-state index contributed by atoms with van der Waals surface area (Å²) in [6, 6.07) is 9.80. The fourth-order valence-electron chi connectivity index (χ4n) is 2.02. The molecule has 2 aromatic rings. The first kappa shape index (κ1) is 18.1. The normalized spacial score (nSPS) is 10.2. The number of amides is 2. The van der Waals surface area contributed by atoms with E-state index in [2.05, 4.69) is 10.6 Å². The first-order valence-corrected chi connectivity index (χ1v) is 7.84. The van der Waals surface area contributed by atoms with Crippen LogP contribution < -0.4 is 15.4 Å². The summed E-state index contributed by atoms with van der Waals surface area (Å²) in [7, 11) is 1.48. The quantitative estimate of drug-likeness (QED) is 0.847. The third-order valence-electron chi connectivity index (χ3n) is 3.25. The summed E-state index contributed by atoms with van der Waals surface area (Å²) in [5, 5.41) is 6.21. The smallest absolute Gasteiger partial charge is 0.251 e. The number of halogens is 2. The largest absolute Gasteiger partial charge is 0.495 e. The molecule has 2 N–H and O–H groups in total. The number of nitrogens with one attached hydrogen (secondary N) is 2. The van der Waals surface area contributed by atoms with E-state index in [9.17, 15) is 9.59 Å². The monoisotopic (exact) mass is 366 g/mol. The molecule has 0 fully saturated rings. The molecule has 5 nitrogen and oxygen atoms in total. The first-order chi connectivity index (χ1) is 11.4. The molecule has 126 valence electrons. The van der Waals surface area contributed by atoms with Gasteiger partial charge in [-0.2, -0.15) is 0 Å². The van der Waals surface area contributed by atoms with Crippen molar-refractivity contribution in [2.75, 3.05) is 19.0 Å². The Morgan fingerprint density at radius 1 is 1.17 bits per heavy atom. The molecule has 0 bridgehead atoms. The van der Waals surface area contributed by atoms with Gasteiger partial charge >= 0.3 is 0 Å². The average molecular weight is 367 g/mol. The third-order valence-corrected chi connectivity index (χ3v) is 3.89. The van der Waals surface area contributed by atoms with Crippen LogP contribution >= 0.6 is 23.2 Å². The van der Waals surface area contributed by atoms with Crippen molar-refractivity contribution in [3.8, 4) is 5.75 Å². The van der Waals surface area contributed by atoms with Gasteiger partial charge in [0.15, 0.2) is 0 Å². The van der Waals surface area contributed by atoms with Gasteiger partial charge in [-0.05, 0) is 36.8 Å². The van der Waals surface area contributed by atoms with Crippen LogP contribution in [0.15, 0.2) is 36.4 Å². The molecule has 0 atom stereocenters. The number of hydrogen-bond donors (Lipinski definition) is 2. The molecule has 0 heterocycles. The number of hydrogen-bond acceptors (Lipinski definition) is 3.